The van der Waals surface area contributed by atoms with Crippen LogP contribution in [0.25, 0.3) is 0 Å². The lowest BCUT2D eigenvalue weighted by Gasteiger charge is -2.39. The van der Waals surface area contributed by atoms with Crippen LogP contribution in [0.2, 0.25) is 0 Å². The van der Waals surface area contributed by atoms with E-state index in [1.807, 2.05) is 16.9 Å². The molecule has 2 bridgehead atoms. The van der Waals surface area contributed by atoms with Gasteiger partial charge in [-0.05, 0) is 36.2 Å². The van der Waals surface area contributed by atoms with Crippen LogP contribution in [0.5, 0.6) is 0 Å². The largest absolute Gasteiger partial charge is 0.336 e. The number of nitrogens with one attached hydrogen (secondary N) is 1. The van der Waals surface area contributed by atoms with Gasteiger partial charge in [-0.2, -0.15) is 5.10 Å². The normalized spacial score (nSPS) is 30.4. The highest BCUT2D eigenvalue weighted by Gasteiger charge is 2.50. The third-order valence-electron chi connectivity index (χ3n) is 4.85. The van der Waals surface area contributed by atoms with Crippen molar-refractivity contribution in [3.05, 3.63) is 18.5 Å². The highest BCUT2D eigenvalue weighted by atomic mass is 16.2. The molecule has 0 spiro atoms. The van der Waals surface area contributed by atoms with Crippen LogP contribution in [-0.4, -0.2) is 39.8 Å². The second-order valence-electron chi connectivity index (χ2n) is 7.84. The fourth-order valence-electron chi connectivity index (χ4n) is 4.51. The Morgan fingerprint density at radius 3 is 2.90 bits per heavy atom. The lowest BCUT2D eigenvalue weighted by molar-refractivity contribution is 0.129. The van der Waals surface area contributed by atoms with Crippen LogP contribution in [0.3, 0.4) is 0 Å². The van der Waals surface area contributed by atoms with Gasteiger partial charge in [-0.15, -0.1) is 0 Å². The molecule has 5 nitrogen and oxygen atoms in total. The Hall–Kier alpha value is -1.52. The summed E-state index contributed by atoms with van der Waals surface area (Å²) < 4.78 is 1.84. The molecule has 1 saturated carbocycles. The number of carbonyl (C=O) groups is 1. The third-order valence-corrected chi connectivity index (χ3v) is 4.85. The average Bonchev–Trinajstić information content (AvgIpc) is 2.94. The van der Waals surface area contributed by atoms with Crippen molar-refractivity contribution in [2.75, 3.05) is 13.1 Å². The number of hydrogen-bond acceptors (Lipinski definition) is 2. The number of carbonyl (C=O) groups excluding carboxylic acids is 1. The fourth-order valence-corrected chi connectivity index (χ4v) is 4.51. The molecular weight excluding hydrogens is 264 g/mol. The maximum atomic E-state index is 12.5. The monoisotopic (exact) mass is 290 g/mol. The maximum Gasteiger partial charge on any atom is 0.317 e. The summed E-state index contributed by atoms with van der Waals surface area (Å²) in [5, 5.41) is 7.19. The van der Waals surface area contributed by atoms with Crippen LogP contribution in [0.4, 0.5) is 4.79 Å². The van der Waals surface area contributed by atoms with Crippen molar-refractivity contribution in [2.24, 2.45) is 10.8 Å². The highest BCUT2D eigenvalue weighted by Crippen LogP contribution is 2.52. The topological polar surface area (TPSA) is 50.2 Å². The van der Waals surface area contributed by atoms with E-state index in [1.165, 1.54) is 6.42 Å². The summed E-state index contributed by atoms with van der Waals surface area (Å²) in [4.78, 5) is 14.5. The minimum atomic E-state index is 0.0913. The lowest BCUT2D eigenvalue weighted by Crippen LogP contribution is -2.44. The summed E-state index contributed by atoms with van der Waals surface area (Å²) in [5.41, 5.74) is 0.646. The first kappa shape index (κ1) is 14.4. The van der Waals surface area contributed by atoms with Crippen molar-refractivity contribution in [3.8, 4) is 0 Å². The lowest BCUT2D eigenvalue weighted by atomic mass is 9.65. The van der Waals surface area contributed by atoms with Crippen molar-refractivity contribution in [1.82, 2.24) is 20.0 Å². The Morgan fingerprint density at radius 1 is 1.38 bits per heavy atom. The number of nitrogens with zero attached hydrogens (tertiary/aromatic N) is 3. The minimum absolute atomic E-state index is 0.0913. The number of fused-ring (bicyclic) bond motifs is 2. The Morgan fingerprint density at radius 2 is 2.19 bits per heavy atom. The smallest absolute Gasteiger partial charge is 0.317 e. The summed E-state index contributed by atoms with van der Waals surface area (Å²) in [5.74, 6) is 0. The van der Waals surface area contributed by atoms with Crippen LogP contribution in [0.15, 0.2) is 18.5 Å². The van der Waals surface area contributed by atoms with Crippen molar-refractivity contribution >= 4 is 6.03 Å². The van der Waals surface area contributed by atoms with Gasteiger partial charge in [-0.1, -0.05) is 20.8 Å². The molecule has 1 aliphatic heterocycles. The Balaban J connectivity index is 1.56. The van der Waals surface area contributed by atoms with Crippen molar-refractivity contribution in [1.29, 1.82) is 0 Å². The molecule has 2 atom stereocenters. The predicted octanol–water partition coefficient (Wildman–Crippen LogP) is 2.49. The first-order valence-electron chi connectivity index (χ1n) is 7.89. The molecular formula is C16H26N4O. The van der Waals surface area contributed by atoms with E-state index < -0.39 is 0 Å². The van der Waals surface area contributed by atoms with E-state index in [2.05, 4.69) is 36.1 Å². The molecule has 1 aromatic heterocycles. The average molecular weight is 290 g/mol. The highest BCUT2D eigenvalue weighted by molar-refractivity contribution is 5.75. The number of aromatic nitrogens is 2. The van der Waals surface area contributed by atoms with E-state index in [-0.39, 0.29) is 6.03 Å². The minimum Gasteiger partial charge on any atom is -0.336 e. The predicted molar refractivity (Wildman–Crippen MR) is 81.9 cm³/mol. The van der Waals surface area contributed by atoms with Gasteiger partial charge in [-0.25, -0.2) is 4.79 Å². The number of amides is 2. The van der Waals surface area contributed by atoms with Crippen LogP contribution in [-0.2, 0) is 6.54 Å². The summed E-state index contributed by atoms with van der Waals surface area (Å²) in [6.45, 7) is 9.24. The molecule has 3 rings (SSSR count). The van der Waals surface area contributed by atoms with Gasteiger partial charge in [0.05, 0.1) is 6.54 Å². The van der Waals surface area contributed by atoms with Crippen molar-refractivity contribution in [3.63, 3.8) is 0 Å². The zero-order valence-electron chi connectivity index (χ0n) is 13.3. The summed E-state index contributed by atoms with van der Waals surface area (Å²) >= 11 is 0. The maximum absolute atomic E-state index is 12.5. The van der Waals surface area contributed by atoms with E-state index in [9.17, 15) is 4.79 Å². The van der Waals surface area contributed by atoms with Gasteiger partial charge in [0.15, 0.2) is 0 Å². The molecule has 0 aromatic carbocycles. The molecule has 2 fully saturated rings. The van der Waals surface area contributed by atoms with Gasteiger partial charge in [0.1, 0.15) is 0 Å². The second-order valence-corrected chi connectivity index (χ2v) is 7.84. The van der Waals surface area contributed by atoms with Crippen LogP contribution in [0.1, 0.15) is 40.0 Å². The standard InChI is InChI=1S/C16H26N4O/c1-15(2)9-13-10-16(3,11-15)12-20(13)14(21)17-6-8-19-7-4-5-18-19/h4-5,7,13H,6,8-12H2,1-3H3,(H,17,21)/t13-,16-/m1/s1. The van der Waals surface area contributed by atoms with Gasteiger partial charge >= 0.3 is 6.03 Å². The molecule has 2 heterocycles. The fraction of sp³-hybridized carbons (Fsp3) is 0.750. The van der Waals surface area contributed by atoms with E-state index in [1.54, 1.807) is 6.20 Å². The van der Waals surface area contributed by atoms with Gasteiger partial charge < -0.3 is 10.2 Å². The first-order valence-corrected chi connectivity index (χ1v) is 7.89. The zero-order chi connectivity index (χ0) is 15.1. The van der Waals surface area contributed by atoms with E-state index >= 15 is 0 Å². The van der Waals surface area contributed by atoms with Gasteiger partial charge in [0, 0.05) is 31.5 Å². The van der Waals surface area contributed by atoms with Gasteiger partial charge in [0.2, 0.25) is 0 Å². The van der Waals surface area contributed by atoms with Crippen LogP contribution >= 0.6 is 0 Å². The molecule has 1 aliphatic carbocycles. The quantitative estimate of drug-likeness (QED) is 0.930. The Bertz CT molecular complexity index is 510. The molecule has 0 radical (unpaired) electrons. The van der Waals surface area contributed by atoms with Crippen molar-refractivity contribution in [2.45, 2.75) is 52.6 Å². The number of urea groups is 1. The van der Waals surface area contributed by atoms with Gasteiger partial charge in [0.25, 0.3) is 0 Å². The van der Waals surface area contributed by atoms with E-state index in [0.717, 1.165) is 25.9 Å². The van der Waals surface area contributed by atoms with E-state index in [4.69, 9.17) is 0 Å². The molecule has 5 heteroatoms. The second kappa shape index (κ2) is 5.04. The van der Waals surface area contributed by atoms with Crippen LogP contribution < -0.4 is 5.32 Å². The number of rotatable bonds is 3. The molecule has 0 unspecified atom stereocenters. The third kappa shape index (κ3) is 3.06. The first-order chi connectivity index (χ1) is 9.87. The van der Waals surface area contributed by atoms with E-state index in [0.29, 0.717) is 23.4 Å². The number of likely N-dealkylation sites (tertiary alicyclic amines) is 1. The zero-order valence-corrected chi connectivity index (χ0v) is 13.3. The molecule has 116 valence electrons. The summed E-state index contributed by atoms with van der Waals surface area (Å²) in [7, 11) is 0. The molecule has 21 heavy (non-hydrogen) atoms. The summed E-state index contributed by atoms with van der Waals surface area (Å²) in [6.07, 6.45) is 7.17. The van der Waals surface area contributed by atoms with Crippen LogP contribution in [0, 0.1) is 10.8 Å². The summed E-state index contributed by atoms with van der Waals surface area (Å²) in [6, 6.07) is 2.39. The molecule has 1 saturated heterocycles. The molecule has 2 aliphatic rings. The Labute approximate surface area is 126 Å². The molecule has 1 N–H and O–H groups in total. The van der Waals surface area contributed by atoms with Gasteiger partial charge in [-0.3, -0.25) is 4.68 Å². The Kier molecular flexibility index (Phi) is 3.46. The molecule has 2 amide bonds. The molecule has 1 aromatic rings. The SMILES string of the molecule is CC1(C)C[C@@H]2C[C@@](C)(CN2C(=O)NCCn2cccn2)C1. The number of hydrogen-bond donors (Lipinski definition) is 1. The van der Waals surface area contributed by atoms with Crippen molar-refractivity contribution < 1.29 is 4.79 Å².